The van der Waals surface area contributed by atoms with Gasteiger partial charge >= 0.3 is 0 Å². The third kappa shape index (κ3) is 5.05. The molecule has 6 nitrogen and oxygen atoms in total. The summed E-state index contributed by atoms with van der Waals surface area (Å²) in [6.45, 7) is 6.34. The van der Waals surface area contributed by atoms with Crippen molar-refractivity contribution in [1.29, 1.82) is 0 Å². The van der Waals surface area contributed by atoms with Crippen LogP contribution in [0.5, 0.6) is 11.5 Å². The van der Waals surface area contributed by atoms with E-state index in [4.69, 9.17) is 14.5 Å². The van der Waals surface area contributed by atoms with Crippen LogP contribution < -0.4 is 9.47 Å². The SMILES string of the molecule is CCOc1cc2c(cc1OC)C(c1ccc(C(=O)N3CCCCC3)cc1)=N[C@@H]1CCN(C)C[C@H]21.Cl. The van der Waals surface area contributed by atoms with Gasteiger partial charge in [-0.05, 0) is 76.0 Å². The minimum Gasteiger partial charge on any atom is -0.493 e. The first-order valence-electron chi connectivity index (χ1n) is 12.6. The molecule has 188 valence electrons. The van der Waals surface area contributed by atoms with Gasteiger partial charge in [-0.15, -0.1) is 12.4 Å². The lowest BCUT2D eigenvalue weighted by Gasteiger charge is -2.39. The minimum absolute atomic E-state index is 0. The largest absolute Gasteiger partial charge is 0.493 e. The van der Waals surface area contributed by atoms with Gasteiger partial charge in [0.05, 0.1) is 25.5 Å². The molecule has 2 fully saturated rings. The number of ether oxygens (including phenoxy) is 2. The Morgan fingerprint density at radius 2 is 1.80 bits per heavy atom. The molecular formula is C28H36ClN3O3. The molecule has 3 aliphatic heterocycles. The van der Waals surface area contributed by atoms with Crippen LogP contribution in [0.25, 0.3) is 0 Å². The molecule has 2 saturated heterocycles. The summed E-state index contributed by atoms with van der Waals surface area (Å²) in [5.74, 6) is 1.99. The summed E-state index contributed by atoms with van der Waals surface area (Å²) < 4.78 is 11.6. The van der Waals surface area contributed by atoms with Gasteiger partial charge in [0.15, 0.2) is 11.5 Å². The molecule has 3 aliphatic rings. The summed E-state index contributed by atoms with van der Waals surface area (Å²) in [6.07, 6.45) is 4.45. The fraction of sp³-hybridized carbons (Fsp3) is 0.500. The molecule has 7 heteroatoms. The van der Waals surface area contributed by atoms with Gasteiger partial charge in [0.2, 0.25) is 0 Å². The zero-order valence-electron chi connectivity index (χ0n) is 21.0. The van der Waals surface area contributed by atoms with Gasteiger partial charge in [-0.25, -0.2) is 0 Å². The molecule has 1 amide bonds. The van der Waals surface area contributed by atoms with Gasteiger partial charge in [0.1, 0.15) is 0 Å². The van der Waals surface area contributed by atoms with E-state index < -0.39 is 0 Å². The summed E-state index contributed by atoms with van der Waals surface area (Å²) in [5.41, 5.74) is 5.16. The molecule has 2 aromatic rings. The molecule has 0 spiro atoms. The number of benzene rings is 2. The summed E-state index contributed by atoms with van der Waals surface area (Å²) in [5, 5.41) is 0. The molecule has 0 N–H and O–H groups in total. The van der Waals surface area contributed by atoms with Gasteiger partial charge in [0.25, 0.3) is 5.91 Å². The Morgan fingerprint density at radius 3 is 2.49 bits per heavy atom. The first kappa shape index (κ1) is 25.5. The smallest absolute Gasteiger partial charge is 0.253 e. The number of fused-ring (bicyclic) bond motifs is 3. The van der Waals surface area contributed by atoms with Crippen molar-refractivity contribution in [3.8, 4) is 11.5 Å². The van der Waals surface area contributed by atoms with Crippen LogP contribution in [0.1, 0.15) is 65.6 Å². The number of likely N-dealkylation sites (tertiary alicyclic amines) is 2. The van der Waals surface area contributed by atoms with Crippen LogP contribution in [-0.2, 0) is 0 Å². The maximum Gasteiger partial charge on any atom is 0.253 e. The number of hydrogen-bond acceptors (Lipinski definition) is 5. The highest BCUT2D eigenvalue weighted by atomic mass is 35.5. The van der Waals surface area contributed by atoms with Gasteiger partial charge in [-0.3, -0.25) is 9.79 Å². The van der Waals surface area contributed by atoms with Gasteiger partial charge in [-0.2, -0.15) is 0 Å². The lowest BCUT2D eigenvalue weighted by atomic mass is 9.79. The first-order chi connectivity index (χ1) is 16.6. The average Bonchev–Trinajstić information content (AvgIpc) is 2.88. The van der Waals surface area contributed by atoms with Crippen LogP contribution in [-0.4, -0.2) is 74.4 Å². The van der Waals surface area contributed by atoms with E-state index in [9.17, 15) is 4.79 Å². The number of carbonyl (C=O) groups excluding carboxylic acids is 1. The number of rotatable bonds is 5. The van der Waals surface area contributed by atoms with E-state index in [0.717, 1.165) is 79.3 Å². The van der Waals surface area contributed by atoms with Crippen LogP contribution in [0.2, 0.25) is 0 Å². The number of carbonyl (C=O) groups is 1. The van der Waals surface area contributed by atoms with Crippen molar-refractivity contribution in [2.45, 2.75) is 44.6 Å². The Balaban J connectivity index is 0.00000289. The molecule has 0 saturated carbocycles. The number of piperidine rings is 2. The summed E-state index contributed by atoms with van der Waals surface area (Å²) >= 11 is 0. The van der Waals surface area contributed by atoms with E-state index >= 15 is 0 Å². The maximum atomic E-state index is 12.9. The minimum atomic E-state index is 0. The molecule has 5 rings (SSSR count). The van der Waals surface area contributed by atoms with Gasteiger partial charge in [-0.1, -0.05) is 12.1 Å². The number of halogens is 1. The van der Waals surface area contributed by atoms with Crippen molar-refractivity contribution in [3.05, 3.63) is 58.7 Å². The van der Waals surface area contributed by atoms with Crippen LogP contribution >= 0.6 is 12.4 Å². The fourth-order valence-electron chi connectivity index (χ4n) is 5.59. The molecular weight excluding hydrogens is 462 g/mol. The standard InChI is InChI=1S/C28H35N3O3.ClH/c1-4-34-26-16-21-22(17-25(26)33-3)27(29-24-12-15-30(2)18-23(21)24)19-8-10-20(11-9-19)28(32)31-13-6-5-7-14-31;/h8-11,16-17,23-24H,4-7,12-15,18H2,1-3H3;1H/t23-,24-;/m1./s1. The molecule has 2 aromatic carbocycles. The highest BCUT2D eigenvalue weighted by Gasteiger charge is 2.36. The average molecular weight is 498 g/mol. The Labute approximate surface area is 214 Å². The number of amides is 1. The fourth-order valence-corrected chi connectivity index (χ4v) is 5.59. The van der Waals surface area contributed by atoms with E-state index in [2.05, 4.69) is 36.2 Å². The second-order valence-electron chi connectivity index (χ2n) is 9.66. The number of aliphatic imine (C=N–C) groups is 1. The predicted molar refractivity (Wildman–Crippen MR) is 142 cm³/mol. The van der Waals surface area contributed by atoms with Crippen molar-refractivity contribution in [1.82, 2.24) is 9.80 Å². The quantitative estimate of drug-likeness (QED) is 0.596. The molecule has 0 aliphatic carbocycles. The summed E-state index contributed by atoms with van der Waals surface area (Å²) in [7, 11) is 3.86. The van der Waals surface area contributed by atoms with Crippen LogP contribution in [0.15, 0.2) is 41.4 Å². The highest BCUT2D eigenvalue weighted by molar-refractivity contribution is 6.15. The topological polar surface area (TPSA) is 54.4 Å². The number of nitrogens with zero attached hydrogens (tertiary/aromatic N) is 3. The van der Waals surface area contributed by atoms with E-state index in [-0.39, 0.29) is 24.4 Å². The molecule has 0 radical (unpaired) electrons. The number of likely N-dealkylation sites (N-methyl/N-ethyl adjacent to an activating group) is 1. The first-order valence-corrected chi connectivity index (χ1v) is 12.6. The Bertz CT molecular complexity index is 1080. The predicted octanol–water partition coefficient (Wildman–Crippen LogP) is 4.78. The van der Waals surface area contributed by atoms with E-state index in [1.807, 2.05) is 24.0 Å². The Kier molecular flexibility index (Phi) is 8.02. The zero-order chi connectivity index (χ0) is 23.7. The normalized spacial score (nSPS) is 21.8. The molecule has 0 unspecified atom stereocenters. The maximum absolute atomic E-state index is 12.9. The lowest BCUT2D eigenvalue weighted by Crippen LogP contribution is -2.41. The molecule has 2 atom stereocenters. The van der Waals surface area contributed by atoms with Crippen molar-refractivity contribution in [2.24, 2.45) is 4.99 Å². The van der Waals surface area contributed by atoms with E-state index in [0.29, 0.717) is 12.5 Å². The van der Waals surface area contributed by atoms with Gasteiger partial charge in [0, 0.05) is 42.2 Å². The Morgan fingerprint density at radius 1 is 1.06 bits per heavy atom. The lowest BCUT2D eigenvalue weighted by molar-refractivity contribution is 0.0724. The van der Waals surface area contributed by atoms with Crippen LogP contribution in [0.3, 0.4) is 0 Å². The third-order valence-electron chi connectivity index (χ3n) is 7.41. The monoisotopic (exact) mass is 497 g/mol. The molecule has 3 heterocycles. The van der Waals surface area contributed by atoms with Crippen LogP contribution in [0, 0.1) is 0 Å². The summed E-state index contributed by atoms with van der Waals surface area (Å²) in [6, 6.07) is 12.5. The van der Waals surface area contributed by atoms with Crippen LogP contribution in [0.4, 0.5) is 0 Å². The second kappa shape index (κ2) is 11.0. The van der Waals surface area contributed by atoms with Crippen molar-refractivity contribution >= 4 is 24.0 Å². The Hall–Kier alpha value is -2.57. The van der Waals surface area contributed by atoms with Crippen molar-refractivity contribution < 1.29 is 14.3 Å². The molecule has 0 aromatic heterocycles. The van der Waals surface area contributed by atoms with Gasteiger partial charge < -0.3 is 19.3 Å². The number of hydrogen-bond donors (Lipinski definition) is 0. The summed E-state index contributed by atoms with van der Waals surface area (Å²) in [4.78, 5) is 22.6. The zero-order valence-corrected chi connectivity index (χ0v) is 21.8. The third-order valence-corrected chi connectivity index (χ3v) is 7.41. The number of methoxy groups -OCH3 is 1. The van der Waals surface area contributed by atoms with E-state index in [1.165, 1.54) is 12.0 Å². The van der Waals surface area contributed by atoms with Crippen molar-refractivity contribution in [3.63, 3.8) is 0 Å². The highest BCUT2D eigenvalue weighted by Crippen LogP contribution is 2.42. The molecule has 0 bridgehead atoms. The van der Waals surface area contributed by atoms with E-state index in [1.54, 1.807) is 7.11 Å². The van der Waals surface area contributed by atoms with Crippen molar-refractivity contribution in [2.75, 3.05) is 46.9 Å². The molecule has 35 heavy (non-hydrogen) atoms. The second-order valence-corrected chi connectivity index (χ2v) is 9.66.